The van der Waals surface area contributed by atoms with Gasteiger partial charge in [0.2, 0.25) is 0 Å². The molecular weight excluding hydrogens is 166 g/mol. The van der Waals surface area contributed by atoms with Crippen molar-refractivity contribution in [2.24, 2.45) is 11.1 Å². The van der Waals surface area contributed by atoms with E-state index < -0.39 is 5.41 Å². The standard InChI is InChI=1S/C10H13NO2/c1-10(7-12)5-2-3-9(4-6-10)13-8-11/h2-7H,8,11H2,1H3. The molecule has 2 N–H and O–H groups in total. The number of carbonyl (C=O) groups is 1. The Morgan fingerprint density at radius 3 is 3.00 bits per heavy atom. The molecule has 0 fully saturated rings. The zero-order valence-corrected chi connectivity index (χ0v) is 7.57. The molecule has 0 aromatic heterocycles. The highest BCUT2D eigenvalue weighted by atomic mass is 16.5. The third kappa shape index (κ3) is 2.56. The molecule has 1 aliphatic carbocycles. The van der Waals surface area contributed by atoms with Gasteiger partial charge in [-0.1, -0.05) is 18.2 Å². The number of allylic oxidation sites excluding steroid dienone is 5. The van der Waals surface area contributed by atoms with Gasteiger partial charge >= 0.3 is 0 Å². The second-order valence-corrected chi connectivity index (χ2v) is 3.06. The van der Waals surface area contributed by atoms with Gasteiger partial charge in [0.05, 0.1) is 5.41 Å². The monoisotopic (exact) mass is 179 g/mol. The number of ether oxygens (including phenoxy) is 1. The molecule has 0 bridgehead atoms. The highest BCUT2D eigenvalue weighted by Crippen LogP contribution is 2.21. The average Bonchev–Trinajstić information content (AvgIpc) is 2.31. The van der Waals surface area contributed by atoms with E-state index >= 15 is 0 Å². The van der Waals surface area contributed by atoms with Gasteiger partial charge in [0.25, 0.3) is 0 Å². The Morgan fingerprint density at radius 1 is 1.62 bits per heavy atom. The molecule has 1 atom stereocenters. The Morgan fingerprint density at radius 2 is 2.38 bits per heavy atom. The molecule has 0 spiro atoms. The second kappa shape index (κ2) is 4.05. The predicted molar refractivity (Wildman–Crippen MR) is 50.7 cm³/mol. The van der Waals surface area contributed by atoms with Crippen molar-refractivity contribution >= 4 is 6.29 Å². The van der Waals surface area contributed by atoms with Gasteiger partial charge < -0.3 is 9.53 Å². The molecule has 0 radical (unpaired) electrons. The summed E-state index contributed by atoms with van der Waals surface area (Å²) in [5.41, 5.74) is 4.69. The van der Waals surface area contributed by atoms with Crippen LogP contribution in [0.25, 0.3) is 0 Å². The molecule has 0 saturated heterocycles. The Labute approximate surface area is 77.6 Å². The van der Waals surface area contributed by atoms with E-state index in [0.29, 0.717) is 5.76 Å². The van der Waals surface area contributed by atoms with E-state index in [2.05, 4.69) is 0 Å². The number of aldehydes is 1. The Balaban J connectivity index is 2.80. The van der Waals surface area contributed by atoms with E-state index in [1.54, 1.807) is 24.3 Å². The van der Waals surface area contributed by atoms with Gasteiger partial charge in [-0.05, 0) is 19.1 Å². The van der Waals surface area contributed by atoms with E-state index in [1.165, 1.54) is 0 Å². The molecule has 0 saturated carbocycles. The summed E-state index contributed by atoms with van der Waals surface area (Å²) >= 11 is 0. The maximum Gasteiger partial charge on any atom is 0.137 e. The Bertz CT molecular complexity index is 279. The van der Waals surface area contributed by atoms with Crippen LogP contribution in [-0.2, 0) is 9.53 Å². The lowest BCUT2D eigenvalue weighted by molar-refractivity contribution is -0.111. The molecule has 1 unspecified atom stereocenters. The molecule has 1 rings (SSSR count). The van der Waals surface area contributed by atoms with E-state index in [-0.39, 0.29) is 6.73 Å². The maximum atomic E-state index is 10.7. The van der Waals surface area contributed by atoms with Crippen LogP contribution in [0.5, 0.6) is 0 Å². The summed E-state index contributed by atoms with van der Waals surface area (Å²) in [5, 5.41) is 0. The minimum atomic E-state index is -0.532. The smallest absolute Gasteiger partial charge is 0.137 e. The van der Waals surface area contributed by atoms with Crippen LogP contribution in [0.1, 0.15) is 6.92 Å². The van der Waals surface area contributed by atoms with Crippen molar-refractivity contribution < 1.29 is 9.53 Å². The average molecular weight is 179 g/mol. The Kier molecular flexibility index (Phi) is 3.03. The predicted octanol–water partition coefficient (Wildman–Crippen LogP) is 1.13. The summed E-state index contributed by atoms with van der Waals surface area (Å²) < 4.78 is 5.09. The van der Waals surface area contributed by atoms with E-state index in [9.17, 15) is 4.79 Å². The molecule has 70 valence electrons. The minimum absolute atomic E-state index is 0.141. The first kappa shape index (κ1) is 9.74. The summed E-state index contributed by atoms with van der Waals surface area (Å²) in [6.45, 7) is 1.97. The fourth-order valence-electron chi connectivity index (χ4n) is 0.994. The first-order chi connectivity index (χ1) is 6.20. The van der Waals surface area contributed by atoms with Crippen LogP contribution in [0, 0.1) is 5.41 Å². The van der Waals surface area contributed by atoms with Crippen LogP contribution in [0.2, 0.25) is 0 Å². The largest absolute Gasteiger partial charge is 0.479 e. The van der Waals surface area contributed by atoms with Crippen LogP contribution in [0.15, 0.2) is 36.1 Å². The number of rotatable bonds is 3. The lowest BCUT2D eigenvalue weighted by Crippen LogP contribution is -2.10. The van der Waals surface area contributed by atoms with Gasteiger partial charge in [0.15, 0.2) is 0 Å². The van der Waals surface area contributed by atoms with Gasteiger partial charge in [-0.15, -0.1) is 0 Å². The summed E-state index contributed by atoms with van der Waals surface area (Å²) in [6, 6.07) is 0. The van der Waals surface area contributed by atoms with Crippen molar-refractivity contribution in [2.45, 2.75) is 6.92 Å². The second-order valence-electron chi connectivity index (χ2n) is 3.06. The first-order valence-electron chi connectivity index (χ1n) is 4.08. The van der Waals surface area contributed by atoms with Crippen molar-refractivity contribution in [3.63, 3.8) is 0 Å². The van der Waals surface area contributed by atoms with Crippen molar-refractivity contribution in [2.75, 3.05) is 6.73 Å². The lowest BCUT2D eigenvalue weighted by Gasteiger charge is -2.10. The van der Waals surface area contributed by atoms with E-state index in [1.807, 2.05) is 13.0 Å². The zero-order valence-electron chi connectivity index (χ0n) is 7.57. The number of nitrogens with two attached hydrogens (primary N) is 1. The summed E-state index contributed by atoms with van der Waals surface area (Å²) in [4.78, 5) is 10.7. The van der Waals surface area contributed by atoms with Gasteiger partial charge in [-0.2, -0.15) is 0 Å². The fraction of sp³-hybridized carbons (Fsp3) is 0.300. The molecule has 0 aliphatic heterocycles. The summed E-state index contributed by atoms with van der Waals surface area (Å²) in [5.74, 6) is 0.671. The summed E-state index contributed by atoms with van der Waals surface area (Å²) in [7, 11) is 0. The first-order valence-corrected chi connectivity index (χ1v) is 4.08. The van der Waals surface area contributed by atoms with Crippen LogP contribution in [-0.4, -0.2) is 13.0 Å². The molecule has 0 aromatic rings. The van der Waals surface area contributed by atoms with Gasteiger partial charge in [-0.3, -0.25) is 5.73 Å². The van der Waals surface area contributed by atoms with Gasteiger partial charge in [0, 0.05) is 0 Å². The fourth-order valence-corrected chi connectivity index (χ4v) is 0.994. The quantitative estimate of drug-likeness (QED) is 0.522. The molecule has 1 aliphatic rings. The third-order valence-corrected chi connectivity index (χ3v) is 1.83. The molecule has 0 amide bonds. The lowest BCUT2D eigenvalue weighted by atomic mass is 9.92. The summed E-state index contributed by atoms with van der Waals surface area (Å²) in [6.07, 6.45) is 9.80. The van der Waals surface area contributed by atoms with E-state index in [4.69, 9.17) is 10.5 Å². The van der Waals surface area contributed by atoms with Crippen LogP contribution < -0.4 is 5.73 Å². The van der Waals surface area contributed by atoms with E-state index in [0.717, 1.165) is 6.29 Å². The van der Waals surface area contributed by atoms with Crippen molar-refractivity contribution in [3.05, 3.63) is 36.1 Å². The van der Waals surface area contributed by atoms with Crippen LogP contribution >= 0.6 is 0 Å². The topological polar surface area (TPSA) is 52.3 Å². The number of hydrogen-bond donors (Lipinski definition) is 1. The van der Waals surface area contributed by atoms with Crippen LogP contribution in [0.4, 0.5) is 0 Å². The molecule has 0 aromatic carbocycles. The third-order valence-electron chi connectivity index (χ3n) is 1.83. The van der Waals surface area contributed by atoms with Crippen molar-refractivity contribution in [3.8, 4) is 0 Å². The number of hydrogen-bond acceptors (Lipinski definition) is 3. The van der Waals surface area contributed by atoms with Gasteiger partial charge in [-0.25, -0.2) is 0 Å². The Hall–Kier alpha value is -1.35. The van der Waals surface area contributed by atoms with Crippen molar-refractivity contribution in [1.82, 2.24) is 0 Å². The molecule has 3 nitrogen and oxygen atoms in total. The highest BCUT2D eigenvalue weighted by Gasteiger charge is 2.16. The normalized spacial score (nSPS) is 26.5. The molecule has 0 heterocycles. The van der Waals surface area contributed by atoms with Crippen LogP contribution in [0.3, 0.4) is 0 Å². The molecule has 13 heavy (non-hydrogen) atoms. The molecule has 3 heteroatoms. The van der Waals surface area contributed by atoms with Gasteiger partial charge in [0.1, 0.15) is 18.8 Å². The molecular formula is C10H13NO2. The maximum absolute atomic E-state index is 10.7. The zero-order chi connectivity index (χ0) is 9.73. The SMILES string of the molecule is CC1(C=O)C=CC=C(OCN)C=C1. The minimum Gasteiger partial charge on any atom is -0.479 e. The number of carbonyl (C=O) groups excluding carboxylic acids is 1. The van der Waals surface area contributed by atoms with Crippen molar-refractivity contribution in [1.29, 1.82) is 0 Å². The highest BCUT2D eigenvalue weighted by molar-refractivity contribution is 5.66.